The summed E-state index contributed by atoms with van der Waals surface area (Å²) in [6, 6.07) is 0.437. The maximum Gasteiger partial charge on any atom is 0.0391 e. The van der Waals surface area contributed by atoms with E-state index in [1.807, 2.05) is 0 Å². The Morgan fingerprint density at radius 1 is 1.29 bits per heavy atom. The van der Waals surface area contributed by atoms with Crippen LogP contribution in [0.2, 0.25) is 0 Å². The molecule has 0 aromatic rings. The molecule has 3 atom stereocenters. The fourth-order valence-corrected chi connectivity index (χ4v) is 4.52. The van der Waals surface area contributed by atoms with E-state index in [-0.39, 0.29) is 0 Å². The molecule has 0 aliphatic heterocycles. The Morgan fingerprint density at radius 2 is 1.94 bits per heavy atom. The van der Waals surface area contributed by atoms with E-state index in [0.717, 1.165) is 30.4 Å². The topological polar surface area (TPSA) is 29.1 Å². The lowest BCUT2D eigenvalue weighted by Crippen LogP contribution is -2.39. The Balaban J connectivity index is 2.34. The second-order valence-electron chi connectivity index (χ2n) is 5.47. The highest BCUT2D eigenvalue weighted by molar-refractivity contribution is 7.85. The van der Waals surface area contributed by atoms with Gasteiger partial charge in [0.05, 0.1) is 0 Å². The zero-order valence-electron chi connectivity index (χ0n) is 11.7. The van der Waals surface area contributed by atoms with Crippen molar-refractivity contribution in [2.75, 3.05) is 18.1 Å². The molecule has 3 heteroatoms. The highest BCUT2D eigenvalue weighted by Crippen LogP contribution is 2.25. The smallest absolute Gasteiger partial charge is 0.0391 e. The zero-order valence-corrected chi connectivity index (χ0v) is 12.5. The largest absolute Gasteiger partial charge is 0.313 e. The van der Waals surface area contributed by atoms with Gasteiger partial charge in [-0.15, -0.1) is 0 Å². The molecule has 3 unspecified atom stereocenters. The molecule has 102 valence electrons. The van der Waals surface area contributed by atoms with Gasteiger partial charge >= 0.3 is 0 Å². The van der Waals surface area contributed by atoms with E-state index in [9.17, 15) is 4.21 Å². The average molecular weight is 259 g/mol. The van der Waals surface area contributed by atoms with Crippen LogP contribution in [0.1, 0.15) is 52.9 Å². The maximum atomic E-state index is 12.2. The minimum Gasteiger partial charge on any atom is -0.313 e. The molecule has 2 nitrogen and oxygen atoms in total. The first-order chi connectivity index (χ1) is 8.17. The lowest BCUT2D eigenvalue weighted by Gasteiger charge is -2.24. The lowest BCUT2D eigenvalue weighted by atomic mass is 10.0. The first-order valence-electron chi connectivity index (χ1n) is 7.25. The zero-order chi connectivity index (χ0) is 12.7. The molecular formula is C14H29NOS. The van der Waals surface area contributed by atoms with Gasteiger partial charge in [0.2, 0.25) is 0 Å². The van der Waals surface area contributed by atoms with Crippen molar-refractivity contribution in [3.63, 3.8) is 0 Å². The van der Waals surface area contributed by atoms with Gasteiger partial charge in [-0.25, -0.2) is 0 Å². The highest BCUT2D eigenvalue weighted by Gasteiger charge is 2.21. The summed E-state index contributed by atoms with van der Waals surface area (Å²) in [6.07, 6.45) is 6.48. The quantitative estimate of drug-likeness (QED) is 0.726. The Bertz CT molecular complexity index is 226. The van der Waals surface area contributed by atoms with Crippen LogP contribution in [0, 0.1) is 11.8 Å². The molecule has 0 spiro atoms. The van der Waals surface area contributed by atoms with Crippen molar-refractivity contribution < 1.29 is 4.21 Å². The van der Waals surface area contributed by atoms with Crippen molar-refractivity contribution >= 4 is 10.8 Å². The van der Waals surface area contributed by atoms with Gasteiger partial charge in [-0.2, -0.15) is 0 Å². The van der Waals surface area contributed by atoms with Crippen LogP contribution >= 0.6 is 0 Å². The van der Waals surface area contributed by atoms with Gasteiger partial charge in [-0.3, -0.25) is 4.21 Å². The summed E-state index contributed by atoms with van der Waals surface area (Å²) in [5.74, 6) is 3.16. The molecule has 0 amide bonds. The highest BCUT2D eigenvalue weighted by atomic mass is 32.2. The van der Waals surface area contributed by atoms with Crippen LogP contribution in [0.5, 0.6) is 0 Å². The van der Waals surface area contributed by atoms with Crippen molar-refractivity contribution in [3.8, 4) is 0 Å². The minimum atomic E-state index is -0.626. The Hall–Kier alpha value is 0.110. The number of hydrogen-bond acceptors (Lipinski definition) is 2. The van der Waals surface area contributed by atoms with E-state index in [2.05, 4.69) is 26.1 Å². The first-order valence-corrected chi connectivity index (χ1v) is 8.74. The standard InChI is InChI=1S/C14H29NOS/c1-4-12(3)14(15-5-2)11-17(16)10-13-8-6-7-9-13/h12-15H,4-11H2,1-3H3. The Labute approximate surface area is 109 Å². The van der Waals surface area contributed by atoms with Gasteiger partial charge in [0.1, 0.15) is 0 Å². The van der Waals surface area contributed by atoms with E-state index >= 15 is 0 Å². The lowest BCUT2D eigenvalue weighted by molar-refractivity contribution is 0.401. The van der Waals surface area contributed by atoms with Gasteiger partial charge < -0.3 is 5.32 Å². The minimum absolute atomic E-state index is 0.437. The normalized spacial score (nSPS) is 22.5. The SMILES string of the molecule is CCNC(CS(=O)CC1CCCC1)C(C)CC. The molecule has 0 aromatic heterocycles. The number of hydrogen-bond donors (Lipinski definition) is 1. The monoisotopic (exact) mass is 259 g/mol. The molecule has 0 aromatic carbocycles. The second kappa shape index (κ2) is 8.25. The predicted octanol–water partition coefficient (Wildman–Crippen LogP) is 2.95. The summed E-state index contributed by atoms with van der Waals surface area (Å²) in [4.78, 5) is 0. The molecule has 1 N–H and O–H groups in total. The first kappa shape index (κ1) is 15.2. The molecule has 0 radical (unpaired) electrons. The van der Waals surface area contributed by atoms with Gasteiger partial charge in [0.15, 0.2) is 0 Å². The van der Waals surface area contributed by atoms with E-state index < -0.39 is 10.8 Å². The van der Waals surface area contributed by atoms with Crippen LogP contribution in [-0.4, -0.2) is 28.3 Å². The molecule has 0 bridgehead atoms. The molecule has 1 aliphatic carbocycles. The molecule has 0 saturated heterocycles. The van der Waals surface area contributed by atoms with Gasteiger partial charge in [-0.05, 0) is 31.2 Å². The molecule has 1 aliphatic rings. The molecule has 1 rings (SSSR count). The van der Waals surface area contributed by atoms with Crippen LogP contribution in [0.25, 0.3) is 0 Å². The van der Waals surface area contributed by atoms with Gasteiger partial charge in [0, 0.05) is 28.3 Å². The Kier molecular flexibility index (Phi) is 7.36. The average Bonchev–Trinajstić information content (AvgIpc) is 2.80. The molecule has 17 heavy (non-hydrogen) atoms. The van der Waals surface area contributed by atoms with Crippen molar-refractivity contribution in [1.29, 1.82) is 0 Å². The Morgan fingerprint density at radius 3 is 2.47 bits per heavy atom. The van der Waals surface area contributed by atoms with Crippen LogP contribution in [0.4, 0.5) is 0 Å². The van der Waals surface area contributed by atoms with Gasteiger partial charge in [0.25, 0.3) is 0 Å². The van der Waals surface area contributed by atoms with Crippen molar-refractivity contribution in [2.45, 2.75) is 58.9 Å². The summed E-state index contributed by atoms with van der Waals surface area (Å²) in [5, 5.41) is 3.50. The van der Waals surface area contributed by atoms with Gasteiger partial charge in [-0.1, -0.05) is 40.0 Å². The van der Waals surface area contributed by atoms with Crippen molar-refractivity contribution in [1.82, 2.24) is 5.32 Å². The fourth-order valence-electron chi connectivity index (χ4n) is 2.68. The summed E-state index contributed by atoms with van der Waals surface area (Å²) in [5.41, 5.74) is 0. The number of rotatable bonds is 8. The van der Waals surface area contributed by atoms with Crippen LogP contribution < -0.4 is 5.32 Å². The predicted molar refractivity (Wildman–Crippen MR) is 76.8 cm³/mol. The maximum absolute atomic E-state index is 12.2. The van der Waals surface area contributed by atoms with Crippen molar-refractivity contribution in [2.24, 2.45) is 11.8 Å². The van der Waals surface area contributed by atoms with E-state index in [4.69, 9.17) is 0 Å². The van der Waals surface area contributed by atoms with E-state index in [1.54, 1.807) is 0 Å². The van der Waals surface area contributed by atoms with E-state index in [1.165, 1.54) is 25.7 Å². The summed E-state index contributed by atoms with van der Waals surface area (Å²) < 4.78 is 12.2. The van der Waals surface area contributed by atoms with Crippen molar-refractivity contribution in [3.05, 3.63) is 0 Å². The molecule has 1 fully saturated rings. The summed E-state index contributed by atoms with van der Waals surface area (Å²) in [6.45, 7) is 7.60. The molecule has 1 saturated carbocycles. The third kappa shape index (κ3) is 5.52. The molecule has 0 heterocycles. The third-order valence-electron chi connectivity index (χ3n) is 4.06. The summed E-state index contributed by atoms with van der Waals surface area (Å²) >= 11 is 0. The van der Waals surface area contributed by atoms with Crippen LogP contribution in [-0.2, 0) is 10.8 Å². The van der Waals surface area contributed by atoms with Crippen LogP contribution in [0.15, 0.2) is 0 Å². The second-order valence-corrected chi connectivity index (χ2v) is 7.02. The van der Waals surface area contributed by atoms with Crippen LogP contribution in [0.3, 0.4) is 0 Å². The molecular weight excluding hydrogens is 230 g/mol. The van der Waals surface area contributed by atoms with E-state index in [0.29, 0.717) is 12.0 Å². The summed E-state index contributed by atoms with van der Waals surface area (Å²) in [7, 11) is -0.626. The number of nitrogens with one attached hydrogen (secondary N) is 1. The fraction of sp³-hybridized carbons (Fsp3) is 1.00. The third-order valence-corrected chi connectivity index (χ3v) is 5.63.